The van der Waals surface area contributed by atoms with Crippen LogP contribution in [0.25, 0.3) is 0 Å². The van der Waals surface area contributed by atoms with Gasteiger partial charge in [0.25, 0.3) is 5.91 Å². The third-order valence-electron chi connectivity index (χ3n) is 4.97. The minimum absolute atomic E-state index is 0.0160. The van der Waals surface area contributed by atoms with E-state index < -0.39 is 0 Å². The van der Waals surface area contributed by atoms with E-state index in [1.807, 2.05) is 78.5 Å². The molecule has 1 aliphatic rings. The second-order valence-electron chi connectivity index (χ2n) is 7.28. The second kappa shape index (κ2) is 9.37. The SMILES string of the molecule is CN(C)c1cccc(C(=O)N2CCN(CC(=O)NCc3ccccc3)CC2)c1. The molecular formula is C22H28N4O2. The molecule has 0 bridgehead atoms. The first-order chi connectivity index (χ1) is 13.5. The van der Waals surface area contributed by atoms with E-state index in [1.165, 1.54) is 0 Å². The third-order valence-corrected chi connectivity index (χ3v) is 4.97. The van der Waals surface area contributed by atoms with Crippen molar-refractivity contribution in [3.63, 3.8) is 0 Å². The van der Waals surface area contributed by atoms with Crippen LogP contribution in [0.4, 0.5) is 5.69 Å². The van der Waals surface area contributed by atoms with Crippen LogP contribution in [-0.4, -0.2) is 68.4 Å². The Hall–Kier alpha value is -2.86. The van der Waals surface area contributed by atoms with Crippen molar-refractivity contribution in [1.82, 2.24) is 15.1 Å². The number of hydrogen-bond acceptors (Lipinski definition) is 4. The van der Waals surface area contributed by atoms with Crippen LogP contribution in [0.3, 0.4) is 0 Å². The monoisotopic (exact) mass is 380 g/mol. The second-order valence-corrected chi connectivity index (χ2v) is 7.28. The first-order valence-corrected chi connectivity index (χ1v) is 9.62. The lowest BCUT2D eigenvalue weighted by atomic mass is 10.1. The van der Waals surface area contributed by atoms with Gasteiger partial charge in [-0.1, -0.05) is 36.4 Å². The molecule has 2 amide bonds. The number of rotatable bonds is 6. The van der Waals surface area contributed by atoms with Gasteiger partial charge in [-0.15, -0.1) is 0 Å². The number of carbonyl (C=O) groups excluding carboxylic acids is 2. The van der Waals surface area contributed by atoms with Gasteiger partial charge < -0.3 is 15.1 Å². The molecule has 0 saturated carbocycles. The first kappa shape index (κ1) is 19.9. The standard InChI is InChI=1S/C22H28N4O2/c1-24(2)20-10-6-9-19(15-20)22(28)26-13-11-25(12-14-26)17-21(27)23-16-18-7-4-3-5-8-18/h3-10,15H,11-14,16-17H2,1-2H3,(H,23,27). The zero-order valence-electron chi connectivity index (χ0n) is 16.6. The summed E-state index contributed by atoms with van der Waals surface area (Å²) in [5.74, 6) is 0.0687. The maximum atomic E-state index is 12.8. The number of anilines is 1. The molecule has 1 saturated heterocycles. The number of benzene rings is 2. The summed E-state index contributed by atoms with van der Waals surface area (Å²) >= 11 is 0. The Bertz CT molecular complexity index is 799. The smallest absolute Gasteiger partial charge is 0.254 e. The summed E-state index contributed by atoms with van der Waals surface area (Å²) in [6.45, 7) is 3.59. The first-order valence-electron chi connectivity index (χ1n) is 9.62. The molecule has 6 heteroatoms. The third kappa shape index (κ3) is 5.33. The predicted molar refractivity (Wildman–Crippen MR) is 111 cm³/mol. The van der Waals surface area contributed by atoms with Crippen molar-refractivity contribution < 1.29 is 9.59 Å². The molecule has 0 atom stereocenters. The summed E-state index contributed by atoms with van der Waals surface area (Å²) in [5, 5.41) is 2.96. The Balaban J connectivity index is 1.45. The van der Waals surface area contributed by atoms with Crippen LogP contribution in [0.5, 0.6) is 0 Å². The molecule has 2 aromatic rings. The average Bonchev–Trinajstić information content (AvgIpc) is 2.73. The highest BCUT2D eigenvalue weighted by Crippen LogP contribution is 2.16. The van der Waals surface area contributed by atoms with Gasteiger partial charge in [-0.3, -0.25) is 14.5 Å². The van der Waals surface area contributed by atoms with Crippen molar-refractivity contribution in [3.05, 3.63) is 65.7 Å². The van der Waals surface area contributed by atoms with Gasteiger partial charge >= 0.3 is 0 Å². The zero-order valence-corrected chi connectivity index (χ0v) is 16.6. The summed E-state index contributed by atoms with van der Waals surface area (Å²) in [4.78, 5) is 30.9. The van der Waals surface area contributed by atoms with Crippen LogP contribution in [-0.2, 0) is 11.3 Å². The Morgan fingerprint density at radius 1 is 0.964 bits per heavy atom. The molecule has 3 rings (SSSR count). The molecule has 6 nitrogen and oxygen atoms in total. The molecule has 1 N–H and O–H groups in total. The van der Waals surface area contributed by atoms with E-state index in [2.05, 4.69) is 10.2 Å². The number of carbonyl (C=O) groups is 2. The van der Waals surface area contributed by atoms with E-state index in [4.69, 9.17) is 0 Å². The van der Waals surface area contributed by atoms with Gasteiger partial charge in [0, 0.05) is 58.1 Å². The number of hydrogen-bond donors (Lipinski definition) is 1. The molecule has 28 heavy (non-hydrogen) atoms. The lowest BCUT2D eigenvalue weighted by Gasteiger charge is -2.34. The van der Waals surface area contributed by atoms with Gasteiger partial charge in [0.05, 0.1) is 6.54 Å². The lowest BCUT2D eigenvalue weighted by Crippen LogP contribution is -2.51. The number of piperazine rings is 1. The normalized spacial score (nSPS) is 14.6. The molecule has 0 radical (unpaired) electrons. The van der Waals surface area contributed by atoms with E-state index in [9.17, 15) is 9.59 Å². The molecule has 0 unspecified atom stereocenters. The molecule has 1 fully saturated rings. The molecular weight excluding hydrogens is 352 g/mol. The van der Waals surface area contributed by atoms with E-state index in [0.29, 0.717) is 44.8 Å². The van der Waals surface area contributed by atoms with Gasteiger partial charge in [-0.05, 0) is 23.8 Å². The minimum Gasteiger partial charge on any atom is -0.378 e. The van der Waals surface area contributed by atoms with Crippen LogP contribution < -0.4 is 10.2 Å². The summed E-state index contributed by atoms with van der Waals surface area (Å²) in [6, 6.07) is 17.6. The Morgan fingerprint density at radius 3 is 2.36 bits per heavy atom. The van der Waals surface area contributed by atoms with Gasteiger partial charge in [-0.2, -0.15) is 0 Å². The van der Waals surface area contributed by atoms with Gasteiger partial charge in [0.1, 0.15) is 0 Å². The number of nitrogens with zero attached hydrogens (tertiary/aromatic N) is 3. The number of amides is 2. The molecule has 1 heterocycles. The van der Waals surface area contributed by atoms with Crippen LogP contribution in [0.2, 0.25) is 0 Å². The lowest BCUT2D eigenvalue weighted by molar-refractivity contribution is -0.122. The average molecular weight is 380 g/mol. The van der Waals surface area contributed by atoms with E-state index >= 15 is 0 Å². The Kier molecular flexibility index (Phi) is 6.66. The van der Waals surface area contributed by atoms with Gasteiger partial charge in [-0.25, -0.2) is 0 Å². The highest BCUT2D eigenvalue weighted by Gasteiger charge is 2.23. The molecule has 1 aliphatic heterocycles. The fraction of sp³-hybridized carbons (Fsp3) is 0.364. The van der Waals surface area contributed by atoms with Crippen molar-refractivity contribution in [2.75, 3.05) is 51.7 Å². The minimum atomic E-state index is 0.0160. The van der Waals surface area contributed by atoms with Crippen molar-refractivity contribution in [2.24, 2.45) is 0 Å². The molecule has 2 aromatic carbocycles. The molecule has 0 aromatic heterocycles. The highest BCUT2D eigenvalue weighted by molar-refractivity contribution is 5.95. The van der Waals surface area contributed by atoms with Crippen LogP contribution in [0.1, 0.15) is 15.9 Å². The van der Waals surface area contributed by atoms with Crippen molar-refractivity contribution >= 4 is 17.5 Å². The number of nitrogens with one attached hydrogen (secondary N) is 1. The summed E-state index contributed by atoms with van der Waals surface area (Å²) in [6.07, 6.45) is 0. The largest absolute Gasteiger partial charge is 0.378 e. The van der Waals surface area contributed by atoms with Crippen LogP contribution >= 0.6 is 0 Å². The summed E-state index contributed by atoms with van der Waals surface area (Å²) < 4.78 is 0. The van der Waals surface area contributed by atoms with Crippen LogP contribution in [0, 0.1) is 0 Å². The fourth-order valence-electron chi connectivity index (χ4n) is 3.26. The van der Waals surface area contributed by atoms with Crippen molar-refractivity contribution in [1.29, 1.82) is 0 Å². The van der Waals surface area contributed by atoms with Crippen molar-refractivity contribution in [3.8, 4) is 0 Å². The molecule has 0 spiro atoms. The highest BCUT2D eigenvalue weighted by atomic mass is 16.2. The topological polar surface area (TPSA) is 55.9 Å². The van der Waals surface area contributed by atoms with Gasteiger partial charge in [0.15, 0.2) is 0 Å². The maximum absolute atomic E-state index is 12.8. The summed E-state index contributed by atoms with van der Waals surface area (Å²) in [7, 11) is 3.93. The molecule has 0 aliphatic carbocycles. The summed E-state index contributed by atoms with van der Waals surface area (Å²) in [5.41, 5.74) is 2.81. The Morgan fingerprint density at radius 2 is 1.68 bits per heavy atom. The quantitative estimate of drug-likeness (QED) is 0.831. The Labute approximate surface area is 166 Å². The van der Waals surface area contributed by atoms with Gasteiger partial charge in [0.2, 0.25) is 5.91 Å². The maximum Gasteiger partial charge on any atom is 0.254 e. The van der Waals surface area contributed by atoms with E-state index in [-0.39, 0.29) is 11.8 Å². The van der Waals surface area contributed by atoms with Crippen molar-refractivity contribution in [2.45, 2.75) is 6.54 Å². The van der Waals surface area contributed by atoms with Crippen LogP contribution in [0.15, 0.2) is 54.6 Å². The predicted octanol–water partition coefficient (Wildman–Crippen LogP) is 1.83. The van der Waals surface area contributed by atoms with E-state index in [0.717, 1.165) is 11.3 Å². The zero-order chi connectivity index (χ0) is 19.9. The van der Waals surface area contributed by atoms with E-state index in [1.54, 1.807) is 0 Å². The molecule has 148 valence electrons. The fourth-order valence-corrected chi connectivity index (χ4v) is 3.26.